The van der Waals surface area contributed by atoms with Crippen LogP contribution in [0, 0.1) is 5.92 Å². The second-order valence-corrected chi connectivity index (χ2v) is 6.62. The first-order valence-electron chi connectivity index (χ1n) is 8.73. The van der Waals surface area contributed by atoms with Crippen molar-refractivity contribution in [2.45, 2.75) is 26.2 Å². The topological polar surface area (TPSA) is 75.5 Å². The SMILES string of the molecule is CC(=O)Nc1ccc(NC(=O)C2CCc3nc4ccccn4c3C2)cc1. The van der Waals surface area contributed by atoms with Crippen LogP contribution >= 0.6 is 0 Å². The Labute approximate surface area is 151 Å². The number of fused-ring (bicyclic) bond motifs is 3. The minimum Gasteiger partial charge on any atom is -0.326 e. The number of rotatable bonds is 3. The smallest absolute Gasteiger partial charge is 0.227 e. The van der Waals surface area contributed by atoms with E-state index in [1.807, 2.05) is 24.4 Å². The maximum atomic E-state index is 12.7. The Hall–Kier alpha value is -3.15. The molecule has 2 amide bonds. The van der Waals surface area contributed by atoms with Gasteiger partial charge in [-0.25, -0.2) is 4.98 Å². The summed E-state index contributed by atoms with van der Waals surface area (Å²) in [6.07, 6.45) is 4.31. The molecule has 0 aliphatic heterocycles. The highest BCUT2D eigenvalue weighted by Gasteiger charge is 2.28. The number of hydrogen-bond donors (Lipinski definition) is 2. The van der Waals surface area contributed by atoms with E-state index in [0.29, 0.717) is 12.1 Å². The van der Waals surface area contributed by atoms with Crippen molar-refractivity contribution >= 4 is 28.8 Å². The van der Waals surface area contributed by atoms with Crippen LogP contribution in [0.1, 0.15) is 24.7 Å². The number of aromatic nitrogens is 2. The van der Waals surface area contributed by atoms with Gasteiger partial charge in [-0.2, -0.15) is 0 Å². The van der Waals surface area contributed by atoms with E-state index in [0.717, 1.165) is 35.6 Å². The molecule has 1 atom stereocenters. The number of pyridine rings is 1. The molecule has 0 spiro atoms. The molecule has 2 aromatic heterocycles. The number of aryl methyl sites for hydroxylation is 1. The van der Waals surface area contributed by atoms with Gasteiger partial charge in [0.2, 0.25) is 11.8 Å². The number of imidazole rings is 1. The fraction of sp³-hybridized carbons (Fsp3) is 0.250. The van der Waals surface area contributed by atoms with E-state index in [-0.39, 0.29) is 17.7 Å². The Balaban J connectivity index is 1.47. The molecule has 2 heterocycles. The van der Waals surface area contributed by atoms with Gasteiger partial charge in [-0.15, -0.1) is 0 Å². The van der Waals surface area contributed by atoms with Gasteiger partial charge < -0.3 is 15.0 Å². The van der Waals surface area contributed by atoms with Gasteiger partial charge in [0.25, 0.3) is 0 Å². The van der Waals surface area contributed by atoms with Crippen LogP contribution in [-0.2, 0) is 22.4 Å². The van der Waals surface area contributed by atoms with E-state index in [9.17, 15) is 9.59 Å². The summed E-state index contributed by atoms with van der Waals surface area (Å²) in [5.41, 5.74) is 4.61. The lowest BCUT2D eigenvalue weighted by Crippen LogP contribution is -2.28. The third-order valence-corrected chi connectivity index (χ3v) is 4.72. The molecule has 132 valence electrons. The van der Waals surface area contributed by atoms with Crippen LogP contribution in [0.15, 0.2) is 48.7 Å². The number of anilines is 2. The minimum absolute atomic E-state index is 0.0220. The molecule has 1 aliphatic rings. The summed E-state index contributed by atoms with van der Waals surface area (Å²) >= 11 is 0. The van der Waals surface area contributed by atoms with Crippen LogP contribution in [0.4, 0.5) is 11.4 Å². The molecule has 0 bridgehead atoms. The number of hydrogen-bond acceptors (Lipinski definition) is 3. The number of amides is 2. The second-order valence-electron chi connectivity index (χ2n) is 6.62. The maximum Gasteiger partial charge on any atom is 0.227 e. The summed E-state index contributed by atoms with van der Waals surface area (Å²) < 4.78 is 2.08. The van der Waals surface area contributed by atoms with E-state index in [2.05, 4.69) is 20.0 Å². The van der Waals surface area contributed by atoms with E-state index in [4.69, 9.17) is 0 Å². The van der Waals surface area contributed by atoms with Gasteiger partial charge in [0.05, 0.1) is 5.69 Å². The summed E-state index contributed by atoms with van der Waals surface area (Å²) in [7, 11) is 0. The zero-order valence-electron chi connectivity index (χ0n) is 14.5. The lowest BCUT2D eigenvalue weighted by Gasteiger charge is -2.21. The van der Waals surface area contributed by atoms with Gasteiger partial charge in [-0.05, 0) is 49.2 Å². The summed E-state index contributed by atoms with van der Waals surface area (Å²) in [4.78, 5) is 28.4. The summed E-state index contributed by atoms with van der Waals surface area (Å²) in [5, 5.41) is 5.69. The van der Waals surface area contributed by atoms with Crippen molar-refractivity contribution in [3.63, 3.8) is 0 Å². The largest absolute Gasteiger partial charge is 0.326 e. The average Bonchev–Trinajstić information content (AvgIpc) is 3.01. The van der Waals surface area contributed by atoms with Gasteiger partial charge in [0, 0.05) is 42.5 Å². The molecular formula is C20H20N4O2. The van der Waals surface area contributed by atoms with Gasteiger partial charge in [0.1, 0.15) is 5.65 Å². The van der Waals surface area contributed by atoms with Crippen molar-refractivity contribution in [2.75, 3.05) is 10.6 Å². The Kier molecular flexibility index (Phi) is 4.16. The Morgan fingerprint density at radius 2 is 1.81 bits per heavy atom. The monoisotopic (exact) mass is 348 g/mol. The van der Waals surface area contributed by atoms with Gasteiger partial charge in [-0.3, -0.25) is 9.59 Å². The van der Waals surface area contributed by atoms with E-state index >= 15 is 0 Å². The van der Waals surface area contributed by atoms with E-state index in [1.54, 1.807) is 24.3 Å². The van der Waals surface area contributed by atoms with Crippen LogP contribution in [0.5, 0.6) is 0 Å². The highest BCUT2D eigenvalue weighted by atomic mass is 16.2. The highest BCUT2D eigenvalue weighted by Crippen LogP contribution is 2.27. The number of benzene rings is 1. The Bertz CT molecular complexity index is 975. The lowest BCUT2D eigenvalue weighted by atomic mass is 9.89. The predicted octanol–water partition coefficient (Wildman–Crippen LogP) is 3.04. The predicted molar refractivity (Wildman–Crippen MR) is 100 cm³/mol. The quantitative estimate of drug-likeness (QED) is 0.764. The second kappa shape index (κ2) is 6.63. The number of nitrogens with zero attached hydrogens (tertiary/aromatic N) is 2. The molecule has 0 radical (unpaired) electrons. The van der Waals surface area contributed by atoms with Gasteiger partial charge in [0.15, 0.2) is 0 Å². The molecule has 6 nitrogen and oxygen atoms in total. The molecular weight excluding hydrogens is 328 g/mol. The molecule has 4 rings (SSSR count). The molecule has 1 unspecified atom stereocenters. The number of carbonyl (C=O) groups is 2. The summed E-state index contributed by atoms with van der Waals surface area (Å²) in [6, 6.07) is 13.1. The molecule has 1 aliphatic carbocycles. The van der Waals surface area contributed by atoms with Crippen molar-refractivity contribution in [3.8, 4) is 0 Å². The van der Waals surface area contributed by atoms with E-state index in [1.165, 1.54) is 6.92 Å². The molecule has 0 fully saturated rings. The fourth-order valence-electron chi connectivity index (χ4n) is 3.47. The number of nitrogens with one attached hydrogen (secondary N) is 2. The normalized spacial score (nSPS) is 16.1. The standard InChI is InChI=1S/C20H20N4O2/c1-13(25)21-15-6-8-16(9-7-15)22-20(26)14-5-10-17-18(12-14)24-11-3-2-4-19(24)23-17/h2-4,6-9,11,14H,5,10,12H2,1H3,(H,21,25)(H,22,26). The molecule has 0 saturated carbocycles. The maximum absolute atomic E-state index is 12.7. The lowest BCUT2D eigenvalue weighted by molar-refractivity contribution is -0.120. The van der Waals surface area contributed by atoms with Crippen molar-refractivity contribution in [1.29, 1.82) is 0 Å². The highest BCUT2D eigenvalue weighted by molar-refractivity contribution is 5.93. The number of carbonyl (C=O) groups excluding carboxylic acids is 2. The third-order valence-electron chi connectivity index (χ3n) is 4.72. The van der Waals surface area contributed by atoms with Gasteiger partial charge in [-0.1, -0.05) is 6.07 Å². The van der Waals surface area contributed by atoms with Gasteiger partial charge >= 0.3 is 0 Å². The van der Waals surface area contributed by atoms with Crippen LogP contribution in [0.2, 0.25) is 0 Å². The molecule has 3 aromatic rings. The van der Waals surface area contributed by atoms with Crippen molar-refractivity contribution in [1.82, 2.24) is 9.38 Å². The zero-order valence-corrected chi connectivity index (χ0v) is 14.5. The first-order valence-corrected chi connectivity index (χ1v) is 8.73. The van der Waals surface area contributed by atoms with Crippen molar-refractivity contribution in [3.05, 3.63) is 60.0 Å². The van der Waals surface area contributed by atoms with Crippen molar-refractivity contribution in [2.24, 2.45) is 5.92 Å². The first-order chi connectivity index (χ1) is 12.6. The first kappa shape index (κ1) is 16.3. The zero-order chi connectivity index (χ0) is 18.1. The molecule has 2 N–H and O–H groups in total. The molecule has 1 aromatic carbocycles. The Morgan fingerprint density at radius 1 is 1.08 bits per heavy atom. The van der Waals surface area contributed by atoms with Crippen molar-refractivity contribution < 1.29 is 9.59 Å². The van der Waals surface area contributed by atoms with Crippen LogP contribution in [-0.4, -0.2) is 21.2 Å². The molecule has 26 heavy (non-hydrogen) atoms. The van der Waals surface area contributed by atoms with Crippen LogP contribution in [0.25, 0.3) is 5.65 Å². The Morgan fingerprint density at radius 3 is 2.54 bits per heavy atom. The molecule has 6 heteroatoms. The summed E-state index contributed by atoms with van der Waals surface area (Å²) in [5.74, 6) is -0.167. The molecule has 0 saturated heterocycles. The van der Waals surface area contributed by atoms with E-state index < -0.39 is 0 Å². The average molecular weight is 348 g/mol. The third kappa shape index (κ3) is 3.18. The fourth-order valence-corrected chi connectivity index (χ4v) is 3.47. The minimum atomic E-state index is -0.118. The van der Waals surface area contributed by atoms with Crippen LogP contribution in [0.3, 0.4) is 0 Å². The van der Waals surface area contributed by atoms with Crippen LogP contribution < -0.4 is 10.6 Å². The summed E-state index contributed by atoms with van der Waals surface area (Å²) in [6.45, 7) is 1.47.